The number of aldehydes is 1. The van der Waals surface area contributed by atoms with Crippen LogP contribution in [0.2, 0.25) is 0 Å². The van der Waals surface area contributed by atoms with Crippen LogP contribution >= 0.6 is 0 Å². The van der Waals surface area contributed by atoms with E-state index in [0.717, 1.165) is 49.9 Å². The predicted molar refractivity (Wildman–Crippen MR) is 103 cm³/mol. The van der Waals surface area contributed by atoms with Crippen LogP contribution in [0, 0.1) is 0 Å². The van der Waals surface area contributed by atoms with E-state index >= 15 is 0 Å². The van der Waals surface area contributed by atoms with Crippen LogP contribution in [0.15, 0.2) is 0 Å². The molecular weight excluding hydrogens is 338 g/mol. The topological polar surface area (TPSA) is 87.3 Å². The molecule has 1 amide bonds. The highest BCUT2D eigenvalue weighted by Crippen LogP contribution is 2.18. The zero-order valence-electron chi connectivity index (χ0n) is 15.9. The van der Waals surface area contributed by atoms with Gasteiger partial charge in [0.05, 0.1) is 12.1 Å². The van der Waals surface area contributed by atoms with Crippen molar-refractivity contribution in [1.82, 2.24) is 16.0 Å². The summed E-state index contributed by atoms with van der Waals surface area (Å²) in [4.78, 5) is 23.2. The molecule has 1 aliphatic heterocycles. The van der Waals surface area contributed by atoms with E-state index < -0.39 is 16.8 Å². The maximum absolute atomic E-state index is 12.0. The van der Waals surface area contributed by atoms with Gasteiger partial charge in [-0.05, 0) is 39.2 Å². The standard InChI is InChI=1S/C18H35N3O3S/c1-4-17(19-3)18(23)21-15(12-22)9-7-6-8-14-10-11-16(20-14)13-25(24)5-2/h12,14-17,19-20H,4-11,13H2,1-3H3,(H,21,23)/t14?,15-,16-,17?,25?/m0/s1. The van der Waals surface area contributed by atoms with Gasteiger partial charge in [0, 0.05) is 34.4 Å². The van der Waals surface area contributed by atoms with E-state index in [4.69, 9.17) is 0 Å². The van der Waals surface area contributed by atoms with Gasteiger partial charge in [-0.2, -0.15) is 0 Å². The number of unbranched alkanes of at least 4 members (excludes halogenated alkanes) is 1. The molecule has 5 atom stereocenters. The second-order valence-corrected chi connectivity index (χ2v) is 8.61. The van der Waals surface area contributed by atoms with E-state index in [1.165, 1.54) is 0 Å². The second kappa shape index (κ2) is 12.5. The Balaban J connectivity index is 2.20. The highest BCUT2D eigenvalue weighted by Gasteiger charge is 2.24. The van der Waals surface area contributed by atoms with Gasteiger partial charge in [0.2, 0.25) is 5.91 Å². The lowest BCUT2D eigenvalue weighted by molar-refractivity contribution is -0.125. The molecule has 0 aliphatic carbocycles. The quantitative estimate of drug-likeness (QED) is 0.333. The number of likely N-dealkylation sites (N-methyl/N-ethyl adjacent to an activating group) is 1. The zero-order valence-corrected chi connectivity index (χ0v) is 16.7. The Morgan fingerprint density at radius 3 is 2.60 bits per heavy atom. The summed E-state index contributed by atoms with van der Waals surface area (Å²) in [7, 11) is 1.05. The number of carbonyl (C=O) groups excluding carboxylic acids is 2. The van der Waals surface area contributed by atoms with Gasteiger partial charge in [-0.25, -0.2) is 0 Å². The molecule has 1 heterocycles. The van der Waals surface area contributed by atoms with Crippen LogP contribution in [-0.4, -0.2) is 59.1 Å². The van der Waals surface area contributed by atoms with Gasteiger partial charge in [0.25, 0.3) is 0 Å². The number of hydrogen-bond donors (Lipinski definition) is 3. The van der Waals surface area contributed by atoms with Crippen molar-refractivity contribution in [1.29, 1.82) is 0 Å². The van der Waals surface area contributed by atoms with Gasteiger partial charge in [0.15, 0.2) is 0 Å². The summed E-state index contributed by atoms with van der Waals surface area (Å²) in [5.41, 5.74) is 0. The Hall–Kier alpha value is -0.790. The third kappa shape index (κ3) is 8.42. The van der Waals surface area contributed by atoms with Gasteiger partial charge in [-0.3, -0.25) is 9.00 Å². The number of rotatable bonds is 13. The van der Waals surface area contributed by atoms with E-state index in [1.807, 2.05) is 13.8 Å². The van der Waals surface area contributed by atoms with E-state index in [2.05, 4.69) is 16.0 Å². The first-order chi connectivity index (χ1) is 12.0. The molecule has 146 valence electrons. The fourth-order valence-electron chi connectivity index (χ4n) is 3.34. The Bertz CT molecular complexity index is 430. The van der Waals surface area contributed by atoms with Crippen LogP contribution < -0.4 is 16.0 Å². The molecule has 1 fully saturated rings. The van der Waals surface area contributed by atoms with Crippen molar-refractivity contribution < 1.29 is 13.8 Å². The van der Waals surface area contributed by atoms with Crippen LogP contribution in [0.3, 0.4) is 0 Å². The van der Waals surface area contributed by atoms with E-state index in [1.54, 1.807) is 7.05 Å². The summed E-state index contributed by atoms with van der Waals surface area (Å²) in [6, 6.07) is 0.249. The molecule has 7 heteroatoms. The average molecular weight is 374 g/mol. The Morgan fingerprint density at radius 1 is 1.28 bits per heavy atom. The van der Waals surface area contributed by atoms with E-state index in [9.17, 15) is 13.8 Å². The third-order valence-corrected chi connectivity index (χ3v) is 6.34. The summed E-state index contributed by atoms with van der Waals surface area (Å²) in [5.74, 6) is 1.39. The average Bonchev–Trinajstić information content (AvgIpc) is 3.05. The Labute approximate surface area is 154 Å². The molecule has 0 aromatic heterocycles. The summed E-state index contributed by atoms with van der Waals surface area (Å²) in [6.45, 7) is 3.90. The first kappa shape index (κ1) is 22.3. The lowest BCUT2D eigenvalue weighted by Crippen LogP contribution is -2.47. The predicted octanol–water partition coefficient (Wildman–Crippen LogP) is 1.12. The van der Waals surface area contributed by atoms with Crippen LogP contribution in [0.5, 0.6) is 0 Å². The Morgan fingerprint density at radius 2 is 2.00 bits per heavy atom. The van der Waals surface area contributed by atoms with Crippen molar-refractivity contribution in [2.24, 2.45) is 0 Å². The molecular formula is C18H35N3O3S. The van der Waals surface area contributed by atoms with Gasteiger partial charge in [0.1, 0.15) is 6.29 Å². The lowest BCUT2D eigenvalue weighted by Gasteiger charge is -2.18. The Kier molecular flexibility index (Phi) is 11.2. The molecule has 0 aromatic carbocycles. The van der Waals surface area contributed by atoms with Gasteiger partial charge >= 0.3 is 0 Å². The minimum absolute atomic E-state index is 0.105. The largest absolute Gasteiger partial charge is 0.345 e. The minimum Gasteiger partial charge on any atom is -0.345 e. The molecule has 3 unspecified atom stereocenters. The summed E-state index contributed by atoms with van der Waals surface area (Å²) in [5, 5.41) is 9.34. The molecule has 0 bridgehead atoms. The van der Waals surface area contributed by atoms with Crippen molar-refractivity contribution >= 4 is 23.0 Å². The van der Waals surface area contributed by atoms with Gasteiger partial charge in [-0.15, -0.1) is 0 Å². The number of nitrogens with one attached hydrogen (secondary N) is 3. The monoisotopic (exact) mass is 373 g/mol. The molecule has 1 aliphatic rings. The van der Waals surface area contributed by atoms with Crippen molar-refractivity contribution in [3.8, 4) is 0 Å². The second-order valence-electron chi connectivity index (χ2n) is 6.82. The summed E-state index contributed by atoms with van der Waals surface area (Å²) in [6.07, 6.45) is 7.49. The SMILES string of the molecule is CCC(NC)C(=O)N[C@H](C=O)CCCCC1CC[C@@H](CS(=O)CC)N1. The summed E-state index contributed by atoms with van der Waals surface area (Å²) >= 11 is 0. The molecule has 0 aromatic rings. The van der Waals surface area contributed by atoms with Crippen molar-refractivity contribution in [2.75, 3.05) is 18.6 Å². The smallest absolute Gasteiger partial charge is 0.237 e. The highest BCUT2D eigenvalue weighted by atomic mass is 32.2. The molecule has 1 saturated heterocycles. The maximum atomic E-state index is 12.0. The summed E-state index contributed by atoms with van der Waals surface area (Å²) < 4.78 is 11.6. The van der Waals surface area contributed by atoms with E-state index in [0.29, 0.717) is 24.9 Å². The van der Waals surface area contributed by atoms with Crippen LogP contribution in [0.25, 0.3) is 0 Å². The van der Waals surface area contributed by atoms with E-state index in [-0.39, 0.29) is 11.9 Å². The fraction of sp³-hybridized carbons (Fsp3) is 0.889. The lowest BCUT2D eigenvalue weighted by atomic mass is 10.0. The van der Waals surface area contributed by atoms with Crippen molar-refractivity contribution in [2.45, 2.75) is 83.0 Å². The van der Waals surface area contributed by atoms with Gasteiger partial charge < -0.3 is 20.7 Å². The molecule has 0 radical (unpaired) electrons. The highest BCUT2D eigenvalue weighted by molar-refractivity contribution is 7.84. The fourth-order valence-corrected chi connectivity index (χ4v) is 4.28. The first-order valence-electron chi connectivity index (χ1n) is 9.57. The minimum atomic E-state index is -0.705. The molecule has 0 saturated carbocycles. The van der Waals surface area contributed by atoms with Crippen LogP contribution in [0.4, 0.5) is 0 Å². The first-order valence-corrected chi connectivity index (χ1v) is 11.1. The van der Waals surface area contributed by atoms with Crippen molar-refractivity contribution in [3.63, 3.8) is 0 Å². The molecule has 0 spiro atoms. The normalized spacial score (nSPS) is 23.8. The molecule has 1 rings (SSSR count). The van der Waals surface area contributed by atoms with Crippen LogP contribution in [0.1, 0.15) is 58.8 Å². The zero-order chi connectivity index (χ0) is 18.7. The maximum Gasteiger partial charge on any atom is 0.237 e. The van der Waals surface area contributed by atoms with Crippen LogP contribution in [-0.2, 0) is 20.4 Å². The number of hydrogen-bond acceptors (Lipinski definition) is 5. The van der Waals surface area contributed by atoms with Gasteiger partial charge in [-0.1, -0.05) is 26.7 Å². The molecule has 6 nitrogen and oxygen atoms in total. The van der Waals surface area contributed by atoms with Crippen molar-refractivity contribution in [3.05, 3.63) is 0 Å². The number of amides is 1. The number of carbonyl (C=O) groups is 2. The third-order valence-electron chi connectivity index (χ3n) is 4.93. The molecule has 3 N–H and O–H groups in total. The molecule has 25 heavy (non-hydrogen) atoms.